The van der Waals surface area contributed by atoms with E-state index in [9.17, 15) is 0 Å². The molecule has 0 aromatic heterocycles. The summed E-state index contributed by atoms with van der Waals surface area (Å²) in [5.74, 6) is 2.96. The fourth-order valence-corrected chi connectivity index (χ4v) is 14.4. The van der Waals surface area contributed by atoms with Gasteiger partial charge in [0.05, 0.1) is 0 Å². The molecule has 0 radical (unpaired) electrons. The predicted octanol–water partition coefficient (Wildman–Crippen LogP) is 8.39. The van der Waals surface area contributed by atoms with Gasteiger partial charge in [-0.05, 0) is 102 Å². The average Bonchev–Trinajstić information content (AvgIpc) is 3.26. The molecule has 40 heavy (non-hydrogen) atoms. The normalized spacial score (nSPS) is 46.6. The van der Waals surface area contributed by atoms with Crippen LogP contribution in [0.25, 0.3) is 0 Å². The van der Waals surface area contributed by atoms with Gasteiger partial charge in [-0.2, -0.15) is 0 Å². The van der Waals surface area contributed by atoms with Gasteiger partial charge >= 0.3 is 0 Å². The Morgan fingerprint density at radius 2 is 1.50 bits per heavy atom. The van der Waals surface area contributed by atoms with Crippen molar-refractivity contribution in [1.29, 1.82) is 0 Å². The maximum Gasteiger partial charge on any atom is 0.188 e. The third-order valence-corrected chi connectivity index (χ3v) is 15.7. The molecule has 9 rings (SSSR count). The van der Waals surface area contributed by atoms with Gasteiger partial charge in [0.25, 0.3) is 0 Å². The lowest BCUT2D eigenvalue weighted by Crippen LogP contribution is -2.72. The summed E-state index contributed by atoms with van der Waals surface area (Å²) in [6.07, 6.45) is 33.3. The molecule has 2 saturated carbocycles. The molecule has 8 atom stereocenters. The monoisotopic (exact) mass is 536 g/mol. The van der Waals surface area contributed by atoms with Gasteiger partial charge in [-0.25, -0.2) is 0 Å². The number of allylic oxidation sites excluding steroid dienone is 3. The van der Waals surface area contributed by atoms with Gasteiger partial charge < -0.3 is 0 Å². The van der Waals surface area contributed by atoms with Gasteiger partial charge in [-0.15, -0.1) is 0 Å². The van der Waals surface area contributed by atoms with Crippen LogP contribution in [0.3, 0.4) is 0 Å². The Bertz CT molecular complexity index is 1220. The van der Waals surface area contributed by atoms with Gasteiger partial charge in [0.1, 0.15) is 0 Å². The summed E-state index contributed by atoms with van der Waals surface area (Å²) in [6.45, 7) is 14.0. The average molecular weight is 537 g/mol. The summed E-state index contributed by atoms with van der Waals surface area (Å²) >= 11 is 0. The van der Waals surface area contributed by atoms with Gasteiger partial charge in [0.15, 0.2) is 6.71 Å². The third-order valence-electron chi connectivity index (χ3n) is 15.7. The molecular weight excluding hydrogens is 483 g/mol. The summed E-state index contributed by atoms with van der Waals surface area (Å²) in [5, 5.41) is 0. The van der Waals surface area contributed by atoms with Crippen LogP contribution in [0.1, 0.15) is 112 Å². The van der Waals surface area contributed by atoms with E-state index in [1.54, 1.807) is 5.57 Å². The molecular formula is C37H53BN2. The third kappa shape index (κ3) is 2.70. The van der Waals surface area contributed by atoms with E-state index >= 15 is 0 Å². The van der Waals surface area contributed by atoms with Crippen molar-refractivity contribution < 1.29 is 0 Å². The molecule has 0 bridgehead atoms. The summed E-state index contributed by atoms with van der Waals surface area (Å²) in [6, 6.07) is 2.64. The highest BCUT2D eigenvalue weighted by Crippen LogP contribution is 2.72. The molecule has 0 aromatic rings. The Morgan fingerprint density at radius 3 is 2.23 bits per heavy atom. The Labute approximate surface area is 244 Å². The smallest absolute Gasteiger partial charge is 0.188 e. The molecule has 2 nitrogen and oxygen atoms in total. The number of fused-ring (bicyclic) bond motifs is 6. The molecule has 3 heteroatoms. The minimum atomic E-state index is 0.234. The Kier molecular flexibility index (Phi) is 5.15. The molecule has 4 aliphatic heterocycles. The highest BCUT2D eigenvalue weighted by molar-refractivity contribution is 6.72. The fourth-order valence-electron chi connectivity index (χ4n) is 14.4. The van der Waals surface area contributed by atoms with E-state index in [1.807, 2.05) is 5.47 Å². The second-order valence-electron chi connectivity index (χ2n) is 17.1. The number of hydrogen-bond donors (Lipinski definition) is 0. The first-order valence-electron chi connectivity index (χ1n) is 17.5. The van der Waals surface area contributed by atoms with Gasteiger partial charge in [0.2, 0.25) is 0 Å². The highest BCUT2D eigenvalue weighted by atomic mass is 15.4. The quantitative estimate of drug-likeness (QED) is 0.227. The number of hydrogen-bond acceptors (Lipinski definition) is 2. The lowest BCUT2D eigenvalue weighted by molar-refractivity contribution is -0.0367. The molecule has 8 unspecified atom stereocenters. The van der Waals surface area contributed by atoms with Crippen molar-refractivity contribution in [3.05, 3.63) is 47.5 Å². The van der Waals surface area contributed by atoms with Crippen LogP contribution in [0.15, 0.2) is 47.5 Å². The molecule has 9 aliphatic rings. The predicted molar refractivity (Wildman–Crippen MR) is 168 cm³/mol. The van der Waals surface area contributed by atoms with E-state index in [0.29, 0.717) is 40.7 Å². The van der Waals surface area contributed by atoms with Gasteiger partial charge in [0, 0.05) is 41.2 Å². The van der Waals surface area contributed by atoms with Crippen LogP contribution in [-0.2, 0) is 0 Å². The lowest BCUT2D eigenvalue weighted by Gasteiger charge is -2.65. The minimum Gasteiger partial charge on any atom is -0.292 e. The minimum absolute atomic E-state index is 0.234. The summed E-state index contributed by atoms with van der Waals surface area (Å²) < 4.78 is 0. The first kappa shape index (κ1) is 25.4. The number of rotatable bonds is 0. The van der Waals surface area contributed by atoms with Crippen LogP contribution in [0, 0.1) is 22.7 Å². The first-order chi connectivity index (χ1) is 19.2. The molecule has 0 N–H and O–H groups in total. The van der Waals surface area contributed by atoms with Gasteiger partial charge in [-0.3, -0.25) is 9.80 Å². The molecule has 6 fully saturated rings. The Morgan fingerprint density at radius 1 is 0.825 bits per heavy atom. The van der Waals surface area contributed by atoms with Gasteiger partial charge in [-0.1, -0.05) is 86.0 Å². The standard InChI is InChI=1S/C37H53BN2/c1-24-22-29-31-30(23-24)40-33-26(37(35(40,4)5)20-10-7-11-21-37)15-13-17-28(33)38(31)27-16-12-14-25-32(27)39(29)34(2,3)36(25)18-8-6-9-19-36/h12-14,16-17,22,25-26,28-33H,6-11,15,18-21,23H2,1-5H3. The summed E-state index contributed by atoms with van der Waals surface area (Å²) in [7, 11) is 0. The van der Waals surface area contributed by atoms with Crippen LogP contribution in [0.2, 0.25) is 11.6 Å². The topological polar surface area (TPSA) is 6.48 Å². The second kappa shape index (κ2) is 8.10. The van der Waals surface area contributed by atoms with Crippen molar-refractivity contribution in [3.63, 3.8) is 0 Å². The van der Waals surface area contributed by atoms with Crippen molar-refractivity contribution in [1.82, 2.24) is 9.80 Å². The molecule has 214 valence electrons. The van der Waals surface area contributed by atoms with E-state index in [-0.39, 0.29) is 11.1 Å². The Balaban J connectivity index is 1.25. The van der Waals surface area contributed by atoms with Crippen LogP contribution >= 0.6 is 0 Å². The van der Waals surface area contributed by atoms with Crippen LogP contribution in [0.4, 0.5) is 0 Å². The van der Waals surface area contributed by atoms with Crippen molar-refractivity contribution in [2.45, 2.75) is 159 Å². The zero-order chi connectivity index (χ0) is 27.2. The molecule has 0 aromatic carbocycles. The lowest BCUT2D eigenvalue weighted by atomic mass is 9.21. The Hall–Kier alpha value is -1.06. The van der Waals surface area contributed by atoms with E-state index < -0.39 is 0 Å². The first-order valence-corrected chi connectivity index (χ1v) is 17.5. The summed E-state index contributed by atoms with van der Waals surface area (Å²) in [4.78, 5) is 6.41. The highest BCUT2D eigenvalue weighted by Gasteiger charge is 2.75. The van der Waals surface area contributed by atoms with E-state index in [2.05, 4.69) is 80.9 Å². The number of nitrogens with zero attached hydrogens (tertiary/aromatic N) is 2. The van der Waals surface area contributed by atoms with Crippen LogP contribution in [0.5, 0.6) is 0 Å². The van der Waals surface area contributed by atoms with Crippen molar-refractivity contribution in [3.8, 4) is 0 Å². The van der Waals surface area contributed by atoms with Crippen LogP contribution in [-0.4, -0.2) is 51.8 Å². The molecule has 4 heterocycles. The zero-order valence-corrected chi connectivity index (χ0v) is 26.0. The SMILES string of the molecule is CC1=CC2C3B(C4=CC=CC5C4N2C(C)(C)C52CCCCC2)C2C=CCC4C2N(C3C1)C(C)(C)C41CCCCC1. The largest absolute Gasteiger partial charge is 0.292 e. The molecule has 2 spiro atoms. The maximum atomic E-state index is 3.25. The molecule has 0 amide bonds. The van der Waals surface area contributed by atoms with E-state index in [0.717, 1.165) is 24.5 Å². The molecule has 4 saturated heterocycles. The van der Waals surface area contributed by atoms with E-state index in [4.69, 9.17) is 0 Å². The second-order valence-corrected chi connectivity index (χ2v) is 17.1. The summed E-state index contributed by atoms with van der Waals surface area (Å²) in [5.41, 5.74) is 5.00. The van der Waals surface area contributed by atoms with E-state index in [1.165, 1.54) is 77.0 Å². The zero-order valence-electron chi connectivity index (χ0n) is 26.0. The van der Waals surface area contributed by atoms with Crippen molar-refractivity contribution in [2.75, 3.05) is 0 Å². The van der Waals surface area contributed by atoms with Crippen molar-refractivity contribution >= 4 is 6.71 Å². The van der Waals surface area contributed by atoms with Crippen LogP contribution < -0.4 is 0 Å². The fraction of sp³-hybridized carbons (Fsp3) is 0.784. The molecule has 5 aliphatic carbocycles. The maximum absolute atomic E-state index is 3.25. The van der Waals surface area contributed by atoms with Crippen molar-refractivity contribution in [2.24, 2.45) is 22.7 Å².